The van der Waals surface area contributed by atoms with Crippen LogP contribution in [0.3, 0.4) is 0 Å². The van der Waals surface area contributed by atoms with Gasteiger partial charge in [0.25, 0.3) is 0 Å². The fourth-order valence-corrected chi connectivity index (χ4v) is 1.44. The highest BCUT2D eigenvalue weighted by atomic mass is 79.9. The molecule has 0 bridgehead atoms. The Labute approximate surface area is 76.3 Å². The smallest absolute Gasteiger partial charge is 0.0382 e. The Balaban J connectivity index is 2.72. The molecule has 62 valence electrons. The number of nitrogens with one attached hydrogen (secondary N) is 1. The topological polar surface area (TPSA) is 15.8 Å². The Morgan fingerprint density at radius 3 is 2.45 bits per heavy atom. The van der Waals surface area contributed by atoms with E-state index >= 15 is 0 Å². The fraction of sp³-hybridized carbons (Fsp3) is 0.556. The van der Waals surface area contributed by atoms with E-state index < -0.39 is 0 Å². The molecule has 0 spiro atoms. The zero-order chi connectivity index (χ0) is 8.48. The first-order chi connectivity index (χ1) is 4.99. The Morgan fingerprint density at radius 2 is 2.09 bits per heavy atom. The Hall–Kier alpha value is -0.240. The molecule has 0 saturated carbocycles. The minimum absolute atomic E-state index is 0.355. The standard InChI is InChI=1S/C9H14BrN/c1-9(2,3)6-8-7(10)4-5-11-8/h4-5,11H,6H2,1-3H3. The summed E-state index contributed by atoms with van der Waals surface area (Å²) in [4.78, 5) is 3.22. The number of hydrogen-bond acceptors (Lipinski definition) is 0. The first kappa shape index (κ1) is 8.85. The van der Waals surface area contributed by atoms with E-state index in [2.05, 4.69) is 41.7 Å². The summed E-state index contributed by atoms with van der Waals surface area (Å²) >= 11 is 3.49. The molecule has 0 radical (unpaired) electrons. The number of hydrogen-bond donors (Lipinski definition) is 1. The van der Waals surface area contributed by atoms with E-state index in [1.165, 1.54) is 10.2 Å². The predicted molar refractivity (Wildman–Crippen MR) is 51.7 cm³/mol. The van der Waals surface area contributed by atoms with Gasteiger partial charge < -0.3 is 4.98 Å². The lowest BCUT2D eigenvalue weighted by atomic mass is 9.91. The second-order valence-electron chi connectivity index (χ2n) is 4.04. The molecule has 0 aliphatic carbocycles. The molecule has 1 N–H and O–H groups in total. The van der Waals surface area contributed by atoms with Gasteiger partial charge in [-0.25, -0.2) is 0 Å². The van der Waals surface area contributed by atoms with E-state index in [0.717, 1.165) is 6.42 Å². The summed E-state index contributed by atoms with van der Waals surface area (Å²) in [7, 11) is 0. The zero-order valence-electron chi connectivity index (χ0n) is 7.24. The maximum atomic E-state index is 3.49. The van der Waals surface area contributed by atoms with Crippen LogP contribution in [-0.2, 0) is 6.42 Å². The lowest BCUT2D eigenvalue weighted by Gasteiger charge is -2.17. The summed E-state index contributed by atoms with van der Waals surface area (Å²) in [5.41, 5.74) is 1.64. The third-order valence-corrected chi connectivity index (χ3v) is 2.23. The van der Waals surface area contributed by atoms with Gasteiger partial charge in [0.2, 0.25) is 0 Å². The summed E-state index contributed by atoms with van der Waals surface area (Å²) in [5.74, 6) is 0. The van der Waals surface area contributed by atoms with E-state index in [1.807, 2.05) is 12.3 Å². The van der Waals surface area contributed by atoms with E-state index in [-0.39, 0.29) is 0 Å². The molecular weight excluding hydrogens is 202 g/mol. The quantitative estimate of drug-likeness (QED) is 0.740. The van der Waals surface area contributed by atoms with Gasteiger partial charge in [0, 0.05) is 16.4 Å². The number of H-pyrrole nitrogens is 1. The van der Waals surface area contributed by atoms with Gasteiger partial charge in [0.05, 0.1) is 0 Å². The molecule has 0 atom stereocenters. The van der Waals surface area contributed by atoms with Crippen molar-refractivity contribution in [2.75, 3.05) is 0 Å². The Bertz CT molecular complexity index is 232. The lowest BCUT2D eigenvalue weighted by molar-refractivity contribution is 0.406. The van der Waals surface area contributed by atoms with Crippen molar-refractivity contribution in [3.63, 3.8) is 0 Å². The molecule has 2 heteroatoms. The van der Waals surface area contributed by atoms with Crippen LogP contribution in [0.25, 0.3) is 0 Å². The molecule has 0 aromatic carbocycles. The molecule has 0 aliphatic rings. The van der Waals surface area contributed by atoms with Crippen LogP contribution in [0.4, 0.5) is 0 Å². The molecule has 0 aliphatic heterocycles. The SMILES string of the molecule is CC(C)(C)Cc1[nH]ccc1Br. The van der Waals surface area contributed by atoms with Gasteiger partial charge in [0.15, 0.2) is 0 Å². The number of halogens is 1. The van der Waals surface area contributed by atoms with Gasteiger partial charge in [-0.3, -0.25) is 0 Å². The second kappa shape index (κ2) is 3.02. The van der Waals surface area contributed by atoms with Crippen LogP contribution in [-0.4, -0.2) is 4.98 Å². The second-order valence-corrected chi connectivity index (χ2v) is 4.90. The summed E-state index contributed by atoms with van der Waals surface area (Å²) in [6.45, 7) is 6.71. The first-order valence-electron chi connectivity index (χ1n) is 3.81. The molecule has 0 unspecified atom stereocenters. The van der Waals surface area contributed by atoms with Crippen molar-refractivity contribution in [3.05, 3.63) is 22.4 Å². The highest BCUT2D eigenvalue weighted by Gasteiger charge is 2.13. The van der Waals surface area contributed by atoms with E-state index in [0.29, 0.717) is 5.41 Å². The first-order valence-corrected chi connectivity index (χ1v) is 4.60. The van der Waals surface area contributed by atoms with Crippen LogP contribution in [0.2, 0.25) is 0 Å². The zero-order valence-corrected chi connectivity index (χ0v) is 8.83. The molecule has 1 aromatic heterocycles. The van der Waals surface area contributed by atoms with Gasteiger partial charge >= 0.3 is 0 Å². The normalized spacial score (nSPS) is 12.0. The summed E-state index contributed by atoms with van der Waals surface area (Å²) in [5, 5.41) is 0. The van der Waals surface area contributed by atoms with Crippen molar-refractivity contribution in [1.29, 1.82) is 0 Å². The molecule has 0 saturated heterocycles. The van der Waals surface area contributed by atoms with Crippen molar-refractivity contribution in [3.8, 4) is 0 Å². The summed E-state index contributed by atoms with van der Waals surface area (Å²) < 4.78 is 1.19. The van der Waals surface area contributed by atoms with Gasteiger partial charge in [-0.1, -0.05) is 20.8 Å². The van der Waals surface area contributed by atoms with Crippen LogP contribution < -0.4 is 0 Å². The van der Waals surface area contributed by atoms with Crippen molar-refractivity contribution < 1.29 is 0 Å². The minimum Gasteiger partial charge on any atom is -0.364 e. The third-order valence-electron chi connectivity index (χ3n) is 1.48. The highest BCUT2D eigenvalue weighted by molar-refractivity contribution is 9.10. The van der Waals surface area contributed by atoms with Crippen LogP contribution in [0.1, 0.15) is 26.5 Å². The maximum Gasteiger partial charge on any atom is 0.0382 e. The van der Waals surface area contributed by atoms with Gasteiger partial charge in [0.1, 0.15) is 0 Å². The van der Waals surface area contributed by atoms with Crippen molar-refractivity contribution >= 4 is 15.9 Å². The molecule has 1 aromatic rings. The Morgan fingerprint density at radius 1 is 1.45 bits per heavy atom. The minimum atomic E-state index is 0.355. The fourth-order valence-electron chi connectivity index (χ4n) is 1.05. The van der Waals surface area contributed by atoms with Crippen molar-refractivity contribution in [2.45, 2.75) is 27.2 Å². The predicted octanol–water partition coefficient (Wildman–Crippen LogP) is 3.37. The van der Waals surface area contributed by atoms with Gasteiger partial charge in [-0.15, -0.1) is 0 Å². The van der Waals surface area contributed by atoms with Crippen LogP contribution in [0, 0.1) is 5.41 Å². The summed E-state index contributed by atoms with van der Waals surface area (Å²) in [6.07, 6.45) is 3.05. The molecule has 1 rings (SSSR count). The monoisotopic (exact) mass is 215 g/mol. The van der Waals surface area contributed by atoms with Crippen molar-refractivity contribution in [2.24, 2.45) is 5.41 Å². The Kier molecular flexibility index (Phi) is 2.43. The van der Waals surface area contributed by atoms with Crippen LogP contribution in [0.15, 0.2) is 16.7 Å². The van der Waals surface area contributed by atoms with E-state index in [1.54, 1.807) is 0 Å². The molecule has 1 nitrogen and oxygen atoms in total. The number of rotatable bonds is 1. The number of aromatic amines is 1. The molecule has 11 heavy (non-hydrogen) atoms. The van der Waals surface area contributed by atoms with Crippen LogP contribution >= 0.6 is 15.9 Å². The molecule has 0 amide bonds. The molecule has 0 fully saturated rings. The average molecular weight is 216 g/mol. The maximum absolute atomic E-state index is 3.49. The van der Waals surface area contributed by atoms with Crippen LogP contribution in [0.5, 0.6) is 0 Å². The molecular formula is C9H14BrN. The third kappa shape index (κ3) is 2.70. The van der Waals surface area contributed by atoms with Gasteiger partial charge in [-0.05, 0) is 33.8 Å². The van der Waals surface area contributed by atoms with Gasteiger partial charge in [-0.2, -0.15) is 0 Å². The molecule has 1 heterocycles. The lowest BCUT2D eigenvalue weighted by Crippen LogP contribution is -2.09. The highest BCUT2D eigenvalue weighted by Crippen LogP contribution is 2.24. The summed E-state index contributed by atoms with van der Waals surface area (Å²) in [6, 6.07) is 2.04. The van der Waals surface area contributed by atoms with E-state index in [9.17, 15) is 0 Å². The average Bonchev–Trinajstić information content (AvgIpc) is 2.12. The van der Waals surface area contributed by atoms with E-state index in [4.69, 9.17) is 0 Å². The largest absolute Gasteiger partial charge is 0.364 e. The van der Waals surface area contributed by atoms with Crippen molar-refractivity contribution in [1.82, 2.24) is 4.98 Å². The number of aromatic nitrogens is 1.